The number of hydrogen-bond donors (Lipinski definition) is 3. The lowest BCUT2D eigenvalue weighted by atomic mass is 10.1. The highest BCUT2D eigenvalue weighted by Crippen LogP contribution is 2.24. The van der Waals surface area contributed by atoms with Gasteiger partial charge in [0.25, 0.3) is 5.69 Å². The third-order valence-electron chi connectivity index (χ3n) is 4.16. The fraction of sp³-hybridized carbons (Fsp3) is 0.167. The number of aromatic nitrogens is 1. The molecule has 0 aliphatic heterocycles. The van der Waals surface area contributed by atoms with Gasteiger partial charge in [-0.15, -0.1) is 0 Å². The molecule has 0 unspecified atom stereocenters. The Hall–Kier alpha value is -3.35. The largest absolute Gasteiger partial charge is 0.478 e. The summed E-state index contributed by atoms with van der Waals surface area (Å²) < 4.78 is 0. The van der Waals surface area contributed by atoms with Crippen LogP contribution in [0.5, 0.6) is 0 Å². The number of hydrogen-bond acceptors (Lipinski definition) is 4. The van der Waals surface area contributed by atoms with Gasteiger partial charge >= 0.3 is 5.97 Å². The molecular formula is C18H17N3O4. The molecule has 0 radical (unpaired) electrons. The van der Waals surface area contributed by atoms with E-state index in [2.05, 4.69) is 10.3 Å². The van der Waals surface area contributed by atoms with Gasteiger partial charge in [-0.25, -0.2) is 4.79 Å². The van der Waals surface area contributed by atoms with Crippen LogP contribution >= 0.6 is 0 Å². The first kappa shape index (κ1) is 16.5. The molecule has 0 saturated heterocycles. The van der Waals surface area contributed by atoms with Crippen molar-refractivity contribution in [2.45, 2.75) is 13.3 Å². The molecule has 0 bridgehead atoms. The van der Waals surface area contributed by atoms with Crippen LogP contribution in [0.2, 0.25) is 0 Å². The third kappa shape index (κ3) is 3.30. The van der Waals surface area contributed by atoms with E-state index in [9.17, 15) is 20.0 Å². The molecule has 1 aromatic heterocycles. The lowest BCUT2D eigenvalue weighted by Gasteiger charge is -2.09. The van der Waals surface area contributed by atoms with Crippen molar-refractivity contribution in [3.05, 3.63) is 69.4 Å². The van der Waals surface area contributed by atoms with Gasteiger partial charge in [0.05, 0.1) is 10.5 Å². The molecule has 0 aliphatic rings. The zero-order valence-corrected chi connectivity index (χ0v) is 13.6. The van der Waals surface area contributed by atoms with Crippen molar-refractivity contribution in [2.75, 3.05) is 11.9 Å². The second-order valence-electron chi connectivity index (χ2n) is 5.78. The van der Waals surface area contributed by atoms with Crippen molar-refractivity contribution >= 4 is 28.2 Å². The maximum Gasteiger partial charge on any atom is 0.338 e. The molecule has 7 nitrogen and oxygen atoms in total. The summed E-state index contributed by atoms with van der Waals surface area (Å²) in [4.78, 5) is 24.8. The molecule has 3 N–H and O–H groups in total. The van der Waals surface area contributed by atoms with E-state index >= 15 is 0 Å². The average Bonchev–Trinajstić information content (AvgIpc) is 2.99. The molecule has 0 saturated carbocycles. The molecule has 1 heterocycles. The Morgan fingerprint density at radius 1 is 1.32 bits per heavy atom. The molecule has 7 heteroatoms. The van der Waals surface area contributed by atoms with Gasteiger partial charge < -0.3 is 15.4 Å². The number of aromatic carboxylic acids is 1. The number of carboxylic acids is 1. The third-order valence-corrected chi connectivity index (χ3v) is 4.16. The van der Waals surface area contributed by atoms with Crippen molar-refractivity contribution in [1.29, 1.82) is 0 Å². The van der Waals surface area contributed by atoms with Crippen molar-refractivity contribution in [1.82, 2.24) is 4.98 Å². The first-order valence-corrected chi connectivity index (χ1v) is 7.78. The van der Waals surface area contributed by atoms with Gasteiger partial charge in [-0.05, 0) is 30.5 Å². The van der Waals surface area contributed by atoms with Gasteiger partial charge in [0, 0.05) is 41.5 Å². The molecular weight excluding hydrogens is 322 g/mol. The second-order valence-corrected chi connectivity index (χ2v) is 5.78. The fourth-order valence-electron chi connectivity index (χ4n) is 2.88. The molecule has 3 rings (SSSR count). The minimum Gasteiger partial charge on any atom is -0.478 e. The first-order valence-electron chi connectivity index (χ1n) is 7.78. The number of nitro groups is 1. The summed E-state index contributed by atoms with van der Waals surface area (Å²) in [5, 5.41) is 24.3. The molecule has 2 aromatic carbocycles. The topological polar surface area (TPSA) is 108 Å². The Kier molecular flexibility index (Phi) is 4.38. The predicted molar refractivity (Wildman–Crippen MR) is 95.3 cm³/mol. The molecule has 25 heavy (non-hydrogen) atoms. The van der Waals surface area contributed by atoms with Crippen LogP contribution in [0.4, 0.5) is 11.4 Å². The number of aryl methyl sites for hydroxylation is 1. The number of nitro benzene ring substituents is 1. The summed E-state index contributed by atoms with van der Waals surface area (Å²) >= 11 is 0. The number of benzene rings is 2. The number of carboxylic acid groups (broad SMARTS) is 1. The van der Waals surface area contributed by atoms with E-state index in [1.165, 1.54) is 17.7 Å². The van der Waals surface area contributed by atoms with Crippen LogP contribution in [0.15, 0.2) is 42.6 Å². The normalized spacial score (nSPS) is 10.8. The number of non-ortho nitro benzene ring substituents is 1. The number of aromatic amines is 1. The summed E-state index contributed by atoms with van der Waals surface area (Å²) in [6.07, 6.45) is 2.65. The maximum absolute atomic E-state index is 11.3. The monoisotopic (exact) mass is 339 g/mol. The summed E-state index contributed by atoms with van der Waals surface area (Å²) in [5.41, 5.74) is 3.41. The van der Waals surface area contributed by atoms with Crippen molar-refractivity contribution in [3.63, 3.8) is 0 Å². The van der Waals surface area contributed by atoms with Crippen LogP contribution in [0.25, 0.3) is 10.9 Å². The van der Waals surface area contributed by atoms with Crippen molar-refractivity contribution in [3.8, 4) is 0 Å². The van der Waals surface area contributed by atoms with Crippen LogP contribution in [-0.4, -0.2) is 27.5 Å². The highest BCUT2D eigenvalue weighted by Gasteiger charge is 2.16. The van der Waals surface area contributed by atoms with Crippen LogP contribution in [0.1, 0.15) is 21.5 Å². The molecule has 128 valence electrons. The van der Waals surface area contributed by atoms with Gasteiger partial charge in [-0.1, -0.05) is 18.2 Å². The number of carbonyl (C=O) groups is 1. The molecule has 0 spiro atoms. The first-order chi connectivity index (χ1) is 12.0. The van der Waals surface area contributed by atoms with E-state index in [4.69, 9.17) is 0 Å². The summed E-state index contributed by atoms with van der Waals surface area (Å²) in [6, 6.07) is 9.88. The van der Waals surface area contributed by atoms with Crippen LogP contribution in [0, 0.1) is 17.0 Å². The van der Waals surface area contributed by atoms with E-state index in [-0.39, 0.29) is 11.3 Å². The van der Waals surface area contributed by atoms with Crippen LogP contribution in [-0.2, 0) is 6.42 Å². The molecule has 0 atom stereocenters. The number of rotatable bonds is 6. The number of anilines is 1. The Bertz CT molecular complexity index is 962. The van der Waals surface area contributed by atoms with Crippen LogP contribution < -0.4 is 5.32 Å². The van der Waals surface area contributed by atoms with Crippen LogP contribution in [0.3, 0.4) is 0 Å². The van der Waals surface area contributed by atoms with E-state index in [1.54, 1.807) is 0 Å². The van der Waals surface area contributed by atoms with E-state index < -0.39 is 10.9 Å². The lowest BCUT2D eigenvalue weighted by molar-refractivity contribution is -0.384. The number of para-hydroxylation sites is 1. The zero-order chi connectivity index (χ0) is 18.0. The molecule has 3 aromatic rings. The van der Waals surface area contributed by atoms with Gasteiger partial charge in [-0.2, -0.15) is 0 Å². The summed E-state index contributed by atoms with van der Waals surface area (Å²) in [7, 11) is 0. The zero-order valence-electron chi connectivity index (χ0n) is 13.6. The van der Waals surface area contributed by atoms with Gasteiger partial charge in [-0.3, -0.25) is 10.1 Å². The second kappa shape index (κ2) is 6.64. The Labute approximate surface area is 143 Å². The predicted octanol–water partition coefficient (Wildman–Crippen LogP) is 3.74. The van der Waals surface area contributed by atoms with E-state index in [0.717, 1.165) is 22.5 Å². The smallest absolute Gasteiger partial charge is 0.338 e. The fourth-order valence-corrected chi connectivity index (χ4v) is 2.88. The maximum atomic E-state index is 11.3. The average molecular weight is 339 g/mol. The quantitative estimate of drug-likeness (QED) is 0.468. The standard InChI is InChI=1S/C18H17N3O4/c1-11-3-2-4-14-12(10-20-17(11)14)7-8-19-16-6-5-13(21(24)25)9-15(16)18(22)23/h2-6,9-10,19-20H,7-8H2,1H3,(H,22,23). The molecule has 0 fully saturated rings. The van der Waals surface area contributed by atoms with Crippen molar-refractivity contribution in [2.24, 2.45) is 0 Å². The Morgan fingerprint density at radius 3 is 2.84 bits per heavy atom. The summed E-state index contributed by atoms with van der Waals surface area (Å²) in [5.74, 6) is -1.20. The lowest BCUT2D eigenvalue weighted by Crippen LogP contribution is -2.10. The Morgan fingerprint density at radius 2 is 2.12 bits per heavy atom. The minimum absolute atomic E-state index is 0.107. The number of nitrogens with one attached hydrogen (secondary N) is 2. The summed E-state index contributed by atoms with van der Waals surface area (Å²) in [6.45, 7) is 2.55. The number of nitrogens with zero attached hydrogens (tertiary/aromatic N) is 1. The van der Waals surface area contributed by atoms with E-state index in [0.29, 0.717) is 18.7 Å². The van der Waals surface area contributed by atoms with Gasteiger partial charge in [0.2, 0.25) is 0 Å². The highest BCUT2D eigenvalue weighted by molar-refractivity contribution is 5.95. The minimum atomic E-state index is -1.20. The Balaban J connectivity index is 1.76. The van der Waals surface area contributed by atoms with E-state index in [1.807, 2.05) is 31.3 Å². The van der Waals surface area contributed by atoms with Gasteiger partial charge in [0.15, 0.2) is 0 Å². The SMILES string of the molecule is Cc1cccc2c(CCNc3ccc([N+](=O)[O-])cc3C(=O)O)c[nH]c12. The molecule has 0 amide bonds. The number of H-pyrrole nitrogens is 1. The molecule has 0 aliphatic carbocycles. The van der Waals surface area contributed by atoms with Gasteiger partial charge in [0.1, 0.15) is 0 Å². The highest BCUT2D eigenvalue weighted by atomic mass is 16.6. The van der Waals surface area contributed by atoms with Crippen molar-refractivity contribution < 1.29 is 14.8 Å². The number of fused-ring (bicyclic) bond motifs is 1.